The van der Waals surface area contributed by atoms with Crippen LogP contribution in [-0.2, 0) is 4.79 Å². The molecule has 23 heavy (non-hydrogen) atoms. The lowest BCUT2D eigenvalue weighted by atomic mass is 10.1. The molecule has 0 aliphatic rings. The van der Waals surface area contributed by atoms with Crippen molar-refractivity contribution < 1.29 is 14.3 Å². The van der Waals surface area contributed by atoms with Crippen LogP contribution >= 0.6 is 11.3 Å². The van der Waals surface area contributed by atoms with E-state index in [0.29, 0.717) is 18.0 Å². The number of carbonyl (C=O) groups is 1. The van der Waals surface area contributed by atoms with Crippen molar-refractivity contribution in [1.82, 2.24) is 10.2 Å². The Morgan fingerprint density at radius 3 is 2.61 bits per heavy atom. The maximum Gasteiger partial charge on any atom is 0.258 e. The summed E-state index contributed by atoms with van der Waals surface area (Å²) in [5.41, 5.74) is 1.20. The minimum atomic E-state index is -0.155. The molecule has 5 nitrogen and oxygen atoms in total. The number of ether oxygens (including phenoxy) is 2. The third-order valence-corrected chi connectivity index (χ3v) is 4.17. The topological polar surface area (TPSA) is 50.8 Å². The molecule has 1 aromatic heterocycles. The first-order valence-electron chi connectivity index (χ1n) is 7.33. The minimum absolute atomic E-state index is 0.0375. The van der Waals surface area contributed by atoms with Gasteiger partial charge in [0.25, 0.3) is 5.91 Å². The van der Waals surface area contributed by atoms with Crippen LogP contribution in [0.15, 0.2) is 41.1 Å². The summed E-state index contributed by atoms with van der Waals surface area (Å²) in [6.45, 7) is 0.502. The number of hydrogen-bond donors (Lipinski definition) is 1. The van der Waals surface area contributed by atoms with E-state index in [4.69, 9.17) is 9.47 Å². The molecule has 1 atom stereocenters. The van der Waals surface area contributed by atoms with Gasteiger partial charge in [0.05, 0.1) is 13.2 Å². The lowest BCUT2D eigenvalue weighted by Crippen LogP contribution is -2.36. The highest BCUT2D eigenvalue weighted by molar-refractivity contribution is 7.07. The van der Waals surface area contributed by atoms with Gasteiger partial charge in [0.15, 0.2) is 18.1 Å². The van der Waals surface area contributed by atoms with Crippen LogP contribution in [0.25, 0.3) is 0 Å². The molecule has 2 aromatic rings. The average Bonchev–Trinajstić information content (AvgIpc) is 3.07. The summed E-state index contributed by atoms with van der Waals surface area (Å²) in [6, 6.07) is 9.50. The molecular formula is C17H22N2O3S. The van der Waals surface area contributed by atoms with E-state index < -0.39 is 0 Å². The number of likely N-dealkylation sites (N-methyl/N-ethyl adjacent to an activating group) is 1. The number of amides is 1. The Morgan fingerprint density at radius 2 is 2.00 bits per heavy atom. The van der Waals surface area contributed by atoms with Crippen LogP contribution in [0.3, 0.4) is 0 Å². The van der Waals surface area contributed by atoms with E-state index in [2.05, 4.69) is 21.7 Å². The SMILES string of the molecule is COc1ccccc1OCC(=O)NC[C@H](c1ccsc1)N(C)C. The summed E-state index contributed by atoms with van der Waals surface area (Å²) in [5.74, 6) is 1.02. The number of rotatable bonds is 8. The third-order valence-electron chi connectivity index (χ3n) is 3.47. The molecule has 0 spiro atoms. The van der Waals surface area contributed by atoms with E-state index in [1.54, 1.807) is 30.6 Å². The van der Waals surface area contributed by atoms with Gasteiger partial charge in [0, 0.05) is 6.54 Å². The van der Waals surface area contributed by atoms with Crippen molar-refractivity contribution in [2.24, 2.45) is 0 Å². The van der Waals surface area contributed by atoms with Crippen molar-refractivity contribution in [3.63, 3.8) is 0 Å². The van der Waals surface area contributed by atoms with E-state index >= 15 is 0 Å². The fraction of sp³-hybridized carbons (Fsp3) is 0.353. The van der Waals surface area contributed by atoms with Crippen molar-refractivity contribution in [1.29, 1.82) is 0 Å². The van der Waals surface area contributed by atoms with Crippen molar-refractivity contribution >= 4 is 17.2 Å². The predicted molar refractivity (Wildman–Crippen MR) is 92.2 cm³/mol. The van der Waals surface area contributed by atoms with E-state index in [1.165, 1.54) is 5.56 Å². The second kappa shape index (κ2) is 8.55. The largest absolute Gasteiger partial charge is 0.493 e. The number of hydrogen-bond acceptors (Lipinski definition) is 5. The Bertz CT molecular complexity index is 614. The number of methoxy groups -OCH3 is 1. The maximum absolute atomic E-state index is 12.0. The predicted octanol–water partition coefficient (Wildman–Crippen LogP) is 2.55. The Labute approximate surface area is 140 Å². The number of carbonyl (C=O) groups excluding carboxylic acids is 1. The van der Waals surface area contributed by atoms with Gasteiger partial charge >= 0.3 is 0 Å². The first kappa shape index (κ1) is 17.3. The molecule has 124 valence electrons. The van der Waals surface area contributed by atoms with Gasteiger partial charge in [-0.15, -0.1) is 0 Å². The average molecular weight is 334 g/mol. The Hall–Kier alpha value is -2.05. The van der Waals surface area contributed by atoms with Crippen LogP contribution in [-0.4, -0.2) is 45.2 Å². The fourth-order valence-corrected chi connectivity index (χ4v) is 2.91. The van der Waals surface area contributed by atoms with Crippen LogP contribution in [0.2, 0.25) is 0 Å². The Morgan fingerprint density at radius 1 is 1.26 bits per heavy atom. The quantitative estimate of drug-likeness (QED) is 0.806. The van der Waals surface area contributed by atoms with Crippen LogP contribution in [0.4, 0.5) is 0 Å². The molecule has 0 bridgehead atoms. The summed E-state index contributed by atoms with van der Waals surface area (Å²) in [6.07, 6.45) is 0. The molecule has 0 unspecified atom stereocenters. The zero-order chi connectivity index (χ0) is 16.7. The number of benzene rings is 1. The second-order valence-corrected chi connectivity index (χ2v) is 6.06. The van der Waals surface area contributed by atoms with Gasteiger partial charge in [-0.2, -0.15) is 11.3 Å². The zero-order valence-corrected chi connectivity index (χ0v) is 14.4. The standard InChI is InChI=1S/C17H22N2O3S/c1-19(2)14(13-8-9-23-12-13)10-18-17(20)11-22-16-7-5-4-6-15(16)21-3/h4-9,12,14H,10-11H2,1-3H3,(H,18,20)/t14-/m1/s1. The Balaban J connectivity index is 1.85. The highest BCUT2D eigenvalue weighted by Gasteiger charge is 2.16. The van der Waals surface area contributed by atoms with Crippen LogP contribution in [0, 0.1) is 0 Å². The van der Waals surface area contributed by atoms with Crippen LogP contribution in [0.1, 0.15) is 11.6 Å². The lowest BCUT2D eigenvalue weighted by molar-refractivity contribution is -0.123. The summed E-state index contributed by atoms with van der Waals surface area (Å²) in [7, 11) is 5.57. The van der Waals surface area contributed by atoms with Crippen molar-refractivity contribution in [3.8, 4) is 11.5 Å². The van der Waals surface area contributed by atoms with E-state index in [-0.39, 0.29) is 18.6 Å². The number of thiophene rings is 1. The van der Waals surface area contributed by atoms with Gasteiger partial charge in [0.1, 0.15) is 0 Å². The van der Waals surface area contributed by atoms with Gasteiger partial charge in [0.2, 0.25) is 0 Å². The molecule has 6 heteroatoms. The van der Waals surface area contributed by atoms with Gasteiger partial charge in [-0.1, -0.05) is 12.1 Å². The zero-order valence-electron chi connectivity index (χ0n) is 13.6. The van der Waals surface area contributed by atoms with E-state index in [9.17, 15) is 4.79 Å². The molecular weight excluding hydrogens is 312 g/mol. The van der Waals surface area contributed by atoms with Gasteiger partial charge in [-0.05, 0) is 48.6 Å². The Kier molecular flexibility index (Phi) is 6.43. The van der Waals surface area contributed by atoms with Crippen molar-refractivity contribution in [3.05, 3.63) is 46.7 Å². The van der Waals surface area contributed by atoms with Crippen LogP contribution in [0.5, 0.6) is 11.5 Å². The highest BCUT2D eigenvalue weighted by atomic mass is 32.1. The smallest absolute Gasteiger partial charge is 0.258 e. The van der Waals surface area contributed by atoms with Crippen molar-refractivity contribution in [2.75, 3.05) is 34.4 Å². The molecule has 0 saturated heterocycles. The molecule has 0 radical (unpaired) electrons. The fourth-order valence-electron chi connectivity index (χ4n) is 2.21. The maximum atomic E-state index is 12.0. The second-order valence-electron chi connectivity index (χ2n) is 5.28. The first-order valence-corrected chi connectivity index (χ1v) is 8.27. The van der Waals surface area contributed by atoms with E-state index in [1.807, 2.05) is 31.6 Å². The van der Waals surface area contributed by atoms with Crippen molar-refractivity contribution in [2.45, 2.75) is 6.04 Å². The summed E-state index contributed by atoms with van der Waals surface area (Å²) >= 11 is 1.65. The molecule has 1 aromatic carbocycles. The monoisotopic (exact) mass is 334 g/mol. The molecule has 2 rings (SSSR count). The van der Waals surface area contributed by atoms with Gasteiger partial charge in [-0.25, -0.2) is 0 Å². The lowest BCUT2D eigenvalue weighted by Gasteiger charge is -2.24. The van der Waals surface area contributed by atoms with Gasteiger partial charge < -0.3 is 19.7 Å². The summed E-state index contributed by atoms with van der Waals surface area (Å²) in [5, 5.41) is 7.06. The van der Waals surface area contributed by atoms with Gasteiger partial charge in [-0.3, -0.25) is 4.79 Å². The molecule has 0 saturated carbocycles. The first-order chi connectivity index (χ1) is 11.1. The summed E-state index contributed by atoms with van der Waals surface area (Å²) in [4.78, 5) is 14.1. The molecule has 0 aliphatic heterocycles. The normalized spacial score (nSPS) is 12.0. The molecule has 1 heterocycles. The third kappa shape index (κ3) is 4.97. The number of para-hydroxylation sites is 2. The molecule has 0 aliphatic carbocycles. The summed E-state index contributed by atoms with van der Waals surface area (Å²) < 4.78 is 10.7. The van der Waals surface area contributed by atoms with E-state index in [0.717, 1.165) is 0 Å². The van der Waals surface area contributed by atoms with Crippen LogP contribution < -0.4 is 14.8 Å². The number of nitrogens with one attached hydrogen (secondary N) is 1. The highest BCUT2D eigenvalue weighted by Crippen LogP contribution is 2.25. The molecule has 0 fully saturated rings. The minimum Gasteiger partial charge on any atom is -0.493 e. The number of nitrogens with zero attached hydrogens (tertiary/aromatic N) is 1. The molecule has 1 N–H and O–H groups in total. The molecule has 1 amide bonds.